The van der Waals surface area contributed by atoms with Gasteiger partial charge in [0.2, 0.25) is 5.95 Å². The van der Waals surface area contributed by atoms with Crippen LogP contribution >= 0.6 is 0 Å². The number of pyridine rings is 1. The van der Waals surface area contributed by atoms with Gasteiger partial charge >= 0.3 is 12.2 Å². The smallest absolute Gasteiger partial charge is 0.419 e. The number of hydrogen-bond donors (Lipinski definition) is 2. The summed E-state index contributed by atoms with van der Waals surface area (Å²) in [4.78, 5) is 40.0. The maximum absolute atomic E-state index is 13.5. The predicted octanol–water partition coefficient (Wildman–Crippen LogP) is 5.48. The molecule has 50 heavy (non-hydrogen) atoms. The van der Waals surface area contributed by atoms with Crippen LogP contribution < -0.4 is 10.6 Å². The van der Waals surface area contributed by atoms with Crippen molar-refractivity contribution in [3.8, 4) is 0 Å². The second-order valence-electron chi connectivity index (χ2n) is 16.5. The number of nitrogens with two attached hydrogens (primary N) is 1. The minimum Gasteiger partial charge on any atom is -0.443 e. The number of nitrogens with one attached hydrogen (secondary N) is 1. The normalized spacial score (nSPS) is 26.2. The Morgan fingerprint density at radius 1 is 1.08 bits per heavy atom. The molecule has 14 heteroatoms. The number of aromatic amines is 1. The van der Waals surface area contributed by atoms with E-state index in [0.29, 0.717) is 18.1 Å². The van der Waals surface area contributed by atoms with Gasteiger partial charge < -0.3 is 24.8 Å². The first-order valence-electron chi connectivity index (χ1n) is 17.1. The monoisotopic (exact) mass is 685 g/mol. The van der Waals surface area contributed by atoms with E-state index in [1.807, 2.05) is 17.6 Å². The number of imide groups is 1. The molecule has 1 aromatic carbocycles. The van der Waals surface area contributed by atoms with Gasteiger partial charge in [0.1, 0.15) is 22.6 Å². The number of benzene rings is 1. The van der Waals surface area contributed by atoms with Gasteiger partial charge in [-0.2, -0.15) is 4.98 Å². The standard InChI is InChI=1S/C36H47N9O5/c1-22-16-24(43-15-14-34(8,19-43)23-12-10-9-11-13-23)17-45-27(22)39-28(42-45)36-18-35(21-48-36,25(36)26-38-29(37)41-40-26)20-44(30(46)49-32(2,3)4)31(47)50-33(5,6)7/h9-13,16-17,25H,14-15,18-21H2,1-8H3,(H3,37,38,40,41)/t25?,34-,35?,36?/m0/s1. The van der Waals surface area contributed by atoms with Gasteiger partial charge in [0.15, 0.2) is 11.5 Å². The third kappa shape index (κ3) is 5.82. The first kappa shape index (κ1) is 33.8. The Bertz CT molecular complexity index is 1920. The lowest BCUT2D eigenvalue weighted by Crippen LogP contribution is -2.58. The van der Waals surface area contributed by atoms with Gasteiger partial charge in [-0.15, -0.1) is 10.2 Å². The second kappa shape index (κ2) is 11.4. The first-order valence-corrected chi connectivity index (χ1v) is 17.1. The topological polar surface area (TPSA) is 166 Å². The third-order valence-electron chi connectivity index (χ3n) is 10.1. The zero-order valence-electron chi connectivity index (χ0n) is 30.1. The number of H-pyrrole nitrogens is 1. The number of carbonyl (C=O) groups is 2. The molecule has 3 saturated heterocycles. The quantitative estimate of drug-likeness (QED) is 0.264. The molecule has 266 valence electrons. The average Bonchev–Trinajstić information content (AvgIpc) is 3.83. The summed E-state index contributed by atoms with van der Waals surface area (Å²) in [7, 11) is 0. The van der Waals surface area contributed by atoms with Crippen LogP contribution in [0.3, 0.4) is 0 Å². The molecule has 8 rings (SSSR count). The fourth-order valence-electron chi connectivity index (χ4n) is 7.92. The Morgan fingerprint density at radius 2 is 1.76 bits per heavy atom. The van der Waals surface area contributed by atoms with E-state index in [1.165, 1.54) is 5.56 Å². The summed E-state index contributed by atoms with van der Waals surface area (Å²) in [6.45, 7) is 16.8. The van der Waals surface area contributed by atoms with Crippen molar-refractivity contribution in [3.63, 3.8) is 0 Å². The number of amides is 2. The molecule has 2 amide bonds. The minimum absolute atomic E-state index is 0.0438. The van der Waals surface area contributed by atoms with Crippen LogP contribution in [0, 0.1) is 12.3 Å². The molecule has 3 unspecified atom stereocenters. The molecule has 4 aliphatic rings. The maximum Gasteiger partial charge on any atom is 0.419 e. The van der Waals surface area contributed by atoms with E-state index in [2.05, 4.69) is 63.4 Å². The minimum atomic E-state index is -1.00. The van der Waals surface area contributed by atoms with Crippen molar-refractivity contribution < 1.29 is 23.8 Å². The SMILES string of the molecule is Cc1cc(N2CC[C@](C)(c3ccccc3)C2)cn2nc(C34CC(CN(C(=O)OC(C)(C)C)C(=O)OC(C)(C)C)(CO3)C4c3nc(N)n[nH]3)nc12. The number of rotatable bonds is 6. The van der Waals surface area contributed by atoms with Gasteiger partial charge in [-0.1, -0.05) is 37.3 Å². The summed E-state index contributed by atoms with van der Waals surface area (Å²) in [5.74, 6) is 0.523. The van der Waals surface area contributed by atoms with E-state index in [0.717, 1.165) is 41.3 Å². The number of aryl methyl sites for hydroxylation is 1. The lowest BCUT2D eigenvalue weighted by atomic mass is 9.53. The number of carbonyl (C=O) groups excluding carboxylic acids is 2. The van der Waals surface area contributed by atoms with Gasteiger partial charge in [-0.25, -0.2) is 24.0 Å². The number of ether oxygens (including phenoxy) is 3. The highest BCUT2D eigenvalue weighted by Gasteiger charge is 2.75. The average molecular weight is 686 g/mol. The van der Waals surface area contributed by atoms with Gasteiger partial charge in [-0.05, 0) is 78.5 Å². The summed E-state index contributed by atoms with van der Waals surface area (Å²) in [6.07, 6.45) is 1.88. The van der Waals surface area contributed by atoms with Gasteiger partial charge in [0.05, 0.1) is 24.4 Å². The van der Waals surface area contributed by atoms with Crippen molar-refractivity contribution in [1.29, 1.82) is 0 Å². The molecular weight excluding hydrogens is 638 g/mol. The molecule has 2 bridgehead atoms. The van der Waals surface area contributed by atoms with E-state index < -0.39 is 40.3 Å². The van der Waals surface area contributed by atoms with Crippen molar-refractivity contribution in [2.45, 2.75) is 96.4 Å². The van der Waals surface area contributed by atoms with Crippen LogP contribution in [0.5, 0.6) is 0 Å². The Labute approximate surface area is 291 Å². The van der Waals surface area contributed by atoms with E-state index in [9.17, 15) is 9.59 Å². The summed E-state index contributed by atoms with van der Waals surface area (Å²) >= 11 is 0. The lowest BCUT2D eigenvalue weighted by molar-refractivity contribution is -0.0682. The molecule has 4 fully saturated rings. The Hall–Kier alpha value is -4.72. The zero-order valence-corrected chi connectivity index (χ0v) is 30.1. The van der Waals surface area contributed by atoms with Crippen molar-refractivity contribution in [1.82, 2.24) is 34.7 Å². The van der Waals surface area contributed by atoms with E-state index in [1.54, 1.807) is 41.5 Å². The predicted molar refractivity (Wildman–Crippen MR) is 186 cm³/mol. The second-order valence-corrected chi connectivity index (χ2v) is 16.5. The molecule has 3 aliphatic heterocycles. The van der Waals surface area contributed by atoms with Crippen molar-refractivity contribution in [3.05, 3.63) is 65.4 Å². The van der Waals surface area contributed by atoms with Crippen molar-refractivity contribution in [2.24, 2.45) is 5.41 Å². The van der Waals surface area contributed by atoms with Crippen LogP contribution in [0.1, 0.15) is 90.0 Å². The lowest BCUT2D eigenvalue weighted by Gasteiger charge is -2.51. The van der Waals surface area contributed by atoms with Crippen molar-refractivity contribution >= 4 is 29.5 Å². The molecule has 6 heterocycles. The largest absolute Gasteiger partial charge is 0.443 e. The van der Waals surface area contributed by atoms with Gasteiger partial charge in [0.25, 0.3) is 0 Å². The number of anilines is 2. The number of aromatic nitrogens is 6. The summed E-state index contributed by atoms with van der Waals surface area (Å²) in [5.41, 5.74) is 6.70. The third-order valence-corrected chi connectivity index (χ3v) is 10.1. The summed E-state index contributed by atoms with van der Waals surface area (Å²) < 4.78 is 19.8. The highest BCUT2D eigenvalue weighted by atomic mass is 16.6. The van der Waals surface area contributed by atoms with E-state index >= 15 is 0 Å². The molecule has 1 saturated carbocycles. The van der Waals surface area contributed by atoms with Crippen LogP contribution in [0.4, 0.5) is 21.2 Å². The highest BCUT2D eigenvalue weighted by molar-refractivity contribution is 5.88. The van der Waals surface area contributed by atoms with Gasteiger partial charge in [-0.3, -0.25) is 5.10 Å². The molecule has 4 aromatic rings. The fourth-order valence-corrected chi connectivity index (χ4v) is 7.92. The molecule has 0 radical (unpaired) electrons. The molecule has 3 N–H and O–H groups in total. The number of nitrogens with zero attached hydrogens (tertiary/aromatic N) is 7. The Kier molecular flexibility index (Phi) is 7.70. The fraction of sp³-hybridized carbons (Fsp3) is 0.556. The highest BCUT2D eigenvalue weighted by Crippen LogP contribution is 2.70. The maximum atomic E-state index is 13.5. The summed E-state index contributed by atoms with van der Waals surface area (Å²) in [5, 5.41) is 12.1. The Balaban J connectivity index is 1.22. The molecule has 14 nitrogen and oxygen atoms in total. The summed E-state index contributed by atoms with van der Waals surface area (Å²) in [6, 6.07) is 12.8. The van der Waals surface area contributed by atoms with Crippen LogP contribution in [-0.4, -0.2) is 84.3 Å². The van der Waals surface area contributed by atoms with Crippen LogP contribution in [0.15, 0.2) is 42.6 Å². The van der Waals surface area contributed by atoms with Crippen LogP contribution in [0.25, 0.3) is 5.65 Å². The molecule has 0 spiro atoms. The first-order chi connectivity index (χ1) is 23.4. The molecule has 4 atom stereocenters. The van der Waals surface area contributed by atoms with Crippen LogP contribution in [0.2, 0.25) is 0 Å². The van der Waals surface area contributed by atoms with Crippen LogP contribution in [-0.2, 0) is 25.2 Å². The number of fused-ring (bicyclic) bond motifs is 2. The van der Waals surface area contributed by atoms with E-state index in [-0.39, 0.29) is 24.5 Å². The van der Waals surface area contributed by atoms with Gasteiger partial charge in [0, 0.05) is 30.5 Å². The molecule has 3 aromatic heterocycles. The number of hydrogen-bond acceptors (Lipinski definition) is 11. The zero-order chi connectivity index (χ0) is 35.9. The molecular formula is C36H47N9O5. The number of nitrogen functional groups attached to an aromatic ring is 1. The molecule has 1 aliphatic carbocycles. The van der Waals surface area contributed by atoms with Crippen molar-refractivity contribution in [2.75, 3.05) is 36.9 Å². The Morgan fingerprint density at radius 3 is 2.38 bits per heavy atom. The van der Waals surface area contributed by atoms with E-state index in [4.69, 9.17) is 30.0 Å².